The number of nitrogens with one attached hydrogen (secondary N) is 1. The lowest BCUT2D eigenvalue weighted by Gasteiger charge is -2.15. The summed E-state index contributed by atoms with van der Waals surface area (Å²) in [5.41, 5.74) is 0.555. The van der Waals surface area contributed by atoms with Gasteiger partial charge in [-0.2, -0.15) is 5.26 Å². The zero-order valence-electron chi connectivity index (χ0n) is 12.5. The molecule has 1 aromatic carbocycles. The lowest BCUT2D eigenvalue weighted by Crippen LogP contribution is -2.12. The molecule has 3 nitrogen and oxygen atoms in total. The van der Waals surface area contributed by atoms with E-state index in [1.165, 1.54) is 6.07 Å². The summed E-state index contributed by atoms with van der Waals surface area (Å²) in [5.74, 6) is -0.0556. The molecule has 0 spiro atoms. The van der Waals surface area contributed by atoms with Gasteiger partial charge in [-0.3, -0.25) is 0 Å². The van der Waals surface area contributed by atoms with E-state index in [-0.39, 0.29) is 17.0 Å². The van der Waals surface area contributed by atoms with Gasteiger partial charge in [0, 0.05) is 6.54 Å². The summed E-state index contributed by atoms with van der Waals surface area (Å²) in [5, 5.41) is 12.0. The fourth-order valence-electron chi connectivity index (χ4n) is 1.79. The SMILES string of the molecule is CCNCc1ccc(OCCCC(C)(C)C#N)c(F)c1. The molecular weight excluding hydrogens is 255 g/mol. The number of ether oxygens (including phenoxy) is 1. The van der Waals surface area contributed by atoms with Crippen LogP contribution in [0, 0.1) is 22.6 Å². The second kappa shape index (κ2) is 7.86. The van der Waals surface area contributed by atoms with Gasteiger partial charge in [0.05, 0.1) is 18.1 Å². The van der Waals surface area contributed by atoms with E-state index in [4.69, 9.17) is 10.00 Å². The minimum atomic E-state index is -0.350. The van der Waals surface area contributed by atoms with Crippen molar-refractivity contribution in [3.8, 4) is 11.8 Å². The lowest BCUT2D eigenvalue weighted by molar-refractivity contribution is 0.273. The largest absolute Gasteiger partial charge is 0.491 e. The molecule has 0 atom stereocenters. The molecule has 1 N–H and O–H groups in total. The van der Waals surface area contributed by atoms with Crippen LogP contribution in [0.15, 0.2) is 18.2 Å². The molecule has 0 aliphatic heterocycles. The first-order valence-corrected chi connectivity index (χ1v) is 7.01. The molecule has 0 saturated heterocycles. The van der Waals surface area contributed by atoms with Crippen LogP contribution in [0.1, 0.15) is 39.2 Å². The van der Waals surface area contributed by atoms with Crippen molar-refractivity contribution < 1.29 is 9.13 Å². The Morgan fingerprint density at radius 3 is 2.75 bits per heavy atom. The van der Waals surface area contributed by atoms with Crippen molar-refractivity contribution in [2.24, 2.45) is 5.41 Å². The summed E-state index contributed by atoms with van der Waals surface area (Å²) in [4.78, 5) is 0. The minimum absolute atomic E-state index is 0.278. The van der Waals surface area contributed by atoms with Gasteiger partial charge in [-0.15, -0.1) is 0 Å². The van der Waals surface area contributed by atoms with Gasteiger partial charge in [0.25, 0.3) is 0 Å². The topological polar surface area (TPSA) is 45.0 Å². The van der Waals surface area contributed by atoms with Gasteiger partial charge < -0.3 is 10.1 Å². The van der Waals surface area contributed by atoms with Crippen LogP contribution in [-0.4, -0.2) is 13.2 Å². The molecule has 20 heavy (non-hydrogen) atoms. The first kappa shape index (κ1) is 16.5. The number of hydrogen-bond donors (Lipinski definition) is 1. The van der Waals surface area contributed by atoms with Gasteiger partial charge in [-0.25, -0.2) is 4.39 Å². The van der Waals surface area contributed by atoms with Crippen molar-refractivity contribution in [1.82, 2.24) is 5.32 Å². The molecule has 0 fully saturated rings. The van der Waals surface area contributed by atoms with E-state index >= 15 is 0 Å². The number of hydrogen-bond acceptors (Lipinski definition) is 3. The number of benzene rings is 1. The summed E-state index contributed by atoms with van der Waals surface area (Å²) in [6.07, 6.45) is 1.47. The molecule has 0 amide bonds. The molecule has 110 valence electrons. The van der Waals surface area contributed by atoms with E-state index in [2.05, 4.69) is 11.4 Å². The predicted octanol–water partition coefficient (Wildman–Crippen LogP) is 3.64. The van der Waals surface area contributed by atoms with Gasteiger partial charge in [0.15, 0.2) is 11.6 Å². The van der Waals surface area contributed by atoms with Gasteiger partial charge in [0.2, 0.25) is 0 Å². The molecule has 0 heterocycles. The Bertz CT molecular complexity index is 466. The number of halogens is 1. The summed E-state index contributed by atoms with van der Waals surface area (Å²) in [7, 11) is 0. The number of rotatable bonds is 8. The van der Waals surface area contributed by atoms with Gasteiger partial charge in [-0.1, -0.05) is 13.0 Å². The Morgan fingerprint density at radius 1 is 1.40 bits per heavy atom. The van der Waals surface area contributed by atoms with Crippen molar-refractivity contribution in [1.29, 1.82) is 5.26 Å². The summed E-state index contributed by atoms with van der Waals surface area (Å²) in [6.45, 7) is 7.73. The Labute approximate surface area is 120 Å². The first-order chi connectivity index (χ1) is 9.48. The molecule has 1 aromatic rings. The van der Waals surface area contributed by atoms with E-state index in [0.29, 0.717) is 13.2 Å². The smallest absolute Gasteiger partial charge is 0.165 e. The summed E-state index contributed by atoms with van der Waals surface area (Å²) >= 11 is 0. The summed E-state index contributed by atoms with van der Waals surface area (Å²) < 4.78 is 19.2. The Balaban J connectivity index is 2.43. The summed E-state index contributed by atoms with van der Waals surface area (Å²) in [6, 6.07) is 7.26. The van der Waals surface area contributed by atoms with Crippen LogP contribution in [0.2, 0.25) is 0 Å². The van der Waals surface area contributed by atoms with Gasteiger partial charge >= 0.3 is 0 Å². The maximum atomic E-state index is 13.8. The van der Waals surface area contributed by atoms with E-state index in [1.54, 1.807) is 6.07 Å². The van der Waals surface area contributed by atoms with E-state index in [0.717, 1.165) is 24.9 Å². The third-order valence-corrected chi connectivity index (χ3v) is 3.08. The van der Waals surface area contributed by atoms with Crippen LogP contribution in [0.25, 0.3) is 0 Å². The highest BCUT2D eigenvalue weighted by Gasteiger charge is 2.15. The highest BCUT2D eigenvalue weighted by molar-refractivity contribution is 5.29. The average Bonchev–Trinajstić information content (AvgIpc) is 2.43. The van der Waals surface area contributed by atoms with Crippen LogP contribution in [0.3, 0.4) is 0 Å². The standard InChI is InChI=1S/C16H23FN2O/c1-4-19-11-13-6-7-15(14(17)10-13)20-9-5-8-16(2,3)12-18/h6-7,10,19H,4-5,8-9,11H2,1-3H3. The Kier molecular flexibility index (Phi) is 6.47. The van der Waals surface area contributed by atoms with Crippen molar-refractivity contribution in [3.63, 3.8) is 0 Å². The van der Waals surface area contributed by atoms with Gasteiger partial charge in [0.1, 0.15) is 0 Å². The molecule has 0 aliphatic rings. The Hall–Kier alpha value is -1.60. The maximum Gasteiger partial charge on any atom is 0.165 e. The van der Waals surface area contributed by atoms with Crippen LogP contribution in [0.4, 0.5) is 4.39 Å². The third kappa shape index (κ3) is 5.58. The second-order valence-electron chi connectivity index (χ2n) is 5.49. The molecule has 0 aromatic heterocycles. The van der Waals surface area contributed by atoms with Crippen LogP contribution >= 0.6 is 0 Å². The average molecular weight is 278 g/mol. The van der Waals surface area contributed by atoms with E-state index < -0.39 is 0 Å². The van der Waals surface area contributed by atoms with Crippen molar-refractivity contribution in [2.45, 2.75) is 40.2 Å². The van der Waals surface area contributed by atoms with Crippen molar-refractivity contribution in [3.05, 3.63) is 29.6 Å². The third-order valence-electron chi connectivity index (χ3n) is 3.08. The zero-order chi connectivity index (χ0) is 15.0. The highest BCUT2D eigenvalue weighted by atomic mass is 19.1. The fraction of sp³-hybridized carbons (Fsp3) is 0.562. The van der Waals surface area contributed by atoms with Gasteiger partial charge in [-0.05, 0) is 50.9 Å². The second-order valence-corrected chi connectivity index (χ2v) is 5.49. The predicted molar refractivity (Wildman–Crippen MR) is 77.9 cm³/mol. The molecule has 0 aliphatic carbocycles. The molecule has 4 heteroatoms. The van der Waals surface area contributed by atoms with Crippen LogP contribution in [0.5, 0.6) is 5.75 Å². The molecular formula is C16H23FN2O. The van der Waals surface area contributed by atoms with Crippen molar-refractivity contribution in [2.75, 3.05) is 13.2 Å². The van der Waals surface area contributed by atoms with Crippen molar-refractivity contribution >= 4 is 0 Å². The quantitative estimate of drug-likeness (QED) is 0.738. The lowest BCUT2D eigenvalue weighted by atomic mass is 9.90. The molecule has 0 radical (unpaired) electrons. The highest BCUT2D eigenvalue weighted by Crippen LogP contribution is 2.22. The first-order valence-electron chi connectivity index (χ1n) is 7.01. The monoisotopic (exact) mass is 278 g/mol. The molecule has 0 bridgehead atoms. The van der Waals surface area contributed by atoms with Crippen LogP contribution < -0.4 is 10.1 Å². The van der Waals surface area contributed by atoms with E-state index in [1.807, 2.05) is 26.8 Å². The maximum absolute atomic E-state index is 13.8. The molecule has 0 saturated carbocycles. The number of nitriles is 1. The molecule has 0 unspecified atom stereocenters. The zero-order valence-corrected chi connectivity index (χ0v) is 12.5. The van der Waals surface area contributed by atoms with E-state index in [9.17, 15) is 4.39 Å². The minimum Gasteiger partial charge on any atom is -0.491 e. The Morgan fingerprint density at radius 2 is 2.15 bits per heavy atom. The molecule has 1 rings (SSSR count). The van der Waals surface area contributed by atoms with Crippen LogP contribution in [-0.2, 0) is 6.54 Å². The number of nitrogens with zero attached hydrogens (tertiary/aromatic N) is 1. The fourth-order valence-corrected chi connectivity index (χ4v) is 1.79. The normalized spacial score (nSPS) is 11.2.